The highest BCUT2D eigenvalue weighted by Gasteiger charge is 2.46. The van der Waals surface area contributed by atoms with Crippen LogP contribution in [0.3, 0.4) is 0 Å². The van der Waals surface area contributed by atoms with Gasteiger partial charge in [0, 0.05) is 30.0 Å². The lowest BCUT2D eigenvalue weighted by molar-refractivity contribution is -0.0301. The van der Waals surface area contributed by atoms with Crippen LogP contribution in [0.15, 0.2) is 66.7 Å². The van der Waals surface area contributed by atoms with Gasteiger partial charge in [-0.05, 0) is 66.9 Å². The molecule has 1 saturated carbocycles. The Hall–Kier alpha value is -5.31. The van der Waals surface area contributed by atoms with E-state index in [2.05, 4.69) is 9.97 Å². The van der Waals surface area contributed by atoms with E-state index in [1.165, 1.54) is 53.1 Å². The van der Waals surface area contributed by atoms with Crippen LogP contribution in [0, 0.1) is 28.8 Å². The number of alkyl halides is 2. The van der Waals surface area contributed by atoms with Crippen molar-refractivity contribution in [3.8, 4) is 23.2 Å². The number of hydrogen-bond donors (Lipinski definition) is 1. The third-order valence-corrected chi connectivity index (χ3v) is 7.84. The average molecular weight is 619 g/mol. The largest absolute Gasteiger partial charge is 0.478 e. The van der Waals surface area contributed by atoms with Crippen molar-refractivity contribution < 1.29 is 36.6 Å². The van der Waals surface area contributed by atoms with Crippen LogP contribution in [0.1, 0.15) is 58.2 Å². The lowest BCUT2D eigenvalue weighted by atomic mass is 10.0. The molecule has 0 radical (unpaired) electrons. The summed E-state index contributed by atoms with van der Waals surface area (Å²) in [5, 5.41) is 18.4. The molecule has 45 heavy (non-hydrogen) atoms. The number of imidazole rings is 1. The van der Waals surface area contributed by atoms with Gasteiger partial charge in [-0.1, -0.05) is 12.1 Å². The monoisotopic (exact) mass is 618 g/mol. The van der Waals surface area contributed by atoms with Gasteiger partial charge in [0.2, 0.25) is 5.88 Å². The molecule has 228 valence electrons. The lowest BCUT2D eigenvalue weighted by Gasteiger charge is -2.23. The number of nitriles is 1. The van der Waals surface area contributed by atoms with Gasteiger partial charge in [-0.15, -0.1) is 0 Å². The van der Waals surface area contributed by atoms with Crippen molar-refractivity contribution >= 4 is 17.0 Å². The second-order valence-electron chi connectivity index (χ2n) is 10.7. The van der Waals surface area contributed by atoms with Crippen molar-refractivity contribution in [2.24, 2.45) is 0 Å². The SMILES string of the molecule is N#Cc1ccc(COc2cccc(-c3cc(F)c(Cc4nc5ccc(C(=O)O)cc5n4C4CCCC4(F)F)cc3F)n2)c(F)c1. The summed E-state index contributed by atoms with van der Waals surface area (Å²) in [6, 6.07) is 14.7. The van der Waals surface area contributed by atoms with Crippen LogP contribution in [-0.4, -0.2) is 31.5 Å². The third kappa shape index (κ3) is 5.81. The number of ether oxygens (including phenoxy) is 1. The molecule has 1 unspecified atom stereocenters. The molecule has 0 aliphatic heterocycles. The molecule has 2 heterocycles. The Morgan fingerprint density at radius 2 is 1.80 bits per heavy atom. The molecule has 0 spiro atoms. The first-order chi connectivity index (χ1) is 21.5. The summed E-state index contributed by atoms with van der Waals surface area (Å²) in [6.07, 6.45) is -0.337. The number of pyridine rings is 1. The van der Waals surface area contributed by atoms with E-state index in [1.54, 1.807) is 0 Å². The summed E-state index contributed by atoms with van der Waals surface area (Å²) >= 11 is 0. The second kappa shape index (κ2) is 11.6. The van der Waals surface area contributed by atoms with Gasteiger partial charge < -0.3 is 14.4 Å². The predicted molar refractivity (Wildman–Crippen MR) is 152 cm³/mol. The second-order valence-corrected chi connectivity index (χ2v) is 10.7. The zero-order valence-corrected chi connectivity index (χ0v) is 23.4. The number of hydrogen-bond acceptors (Lipinski definition) is 5. The summed E-state index contributed by atoms with van der Waals surface area (Å²) in [5.41, 5.74) is 0.354. The first kappa shape index (κ1) is 29.7. The molecule has 0 bridgehead atoms. The molecule has 1 atom stereocenters. The number of carbonyl (C=O) groups is 1. The number of carboxylic acids is 1. The Bertz CT molecular complexity index is 2000. The smallest absolute Gasteiger partial charge is 0.335 e. The van der Waals surface area contributed by atoms with Gasteiger partial charge in [0.05, 0.1) is 40.0 Å². The van der Waals surface area contributed by atoms with E-state index in [9.17, 15) is 23.1 Å². The quantitative estimate of drug-likeness (QED) is 0.180. The molecule has 0 saturated heterocycles. The summed E-state index contributed by atoms with van der Waals surface area (Å²) in [4.78, 5) is 20.2. The van der Waals surface area contributed by atoms with Gasteiger partial charge in [0.1, 0.15) is 29.9 Å². The number of halogens is 5. The van der Waals surface area contributed by atoms with Crippen LogP contribution in [0.4, 0.5) is 22.0 Å². The summed E-state index contributed by atoms with van der Waals surface area (Å²) in [5.74, 6) is -6.57. The van der Waals surface area contributed by atoms with E-state index in [1.807, 2.05) is 6.07 Å². The highest BCUT2D eigenvalue weighted by Crippen LogP contribution is 2.46. The number of nitrogens with zero attached hydrogens (tertiary/aromatic N) is 4. The molecule has 1 aliphatic rings. The average Bonchev–Trinajstić information content (AvgIpc) is 3.55. The third-order valence-electron chi connectivity index (χ3n) is 7.84. The van der Waals surface area contributed by atoms with E-state index in [0.29, 0.717) is 0 Å². The Balaban J connectivity index is 1.30. The first-order valence-corrected chi connectivity index (χ1v) is 13.9. The van der Waals surface area contributed by atoms with Gasteiger partial charge in [-0.2, -0.15) is 5.26 Å². The molecule has 2 aromatic heterocycles. The van der Waals surface area contributed by atoms with Gasteiger partial charge in [0.25, 0.3) is 5.92 Å². The molecule has 1 fully saturated rings. The van der Waals surface area contributed by atoms with Crippen LogP contribution in [-0.2, 0) is 13.0 Å². The van der Waals surface area contributed by atoms with Gasteiger partial charge in [-0.3, -0.25) is 0 Å². The number of aromatic carboxylic acids is 1. The van der Waals surface area contributed by atoms with E-state index >= 15 is 8.78 Å². The fourth-order valence-corrected chi connectivity index (χ4v) is 5.60. The Morgan fingerprint density at radius 3 is 2.51 bits per heavy atom. The molecular weight excluding hydrogens is 595 g/mol. The van der Waals surface area contributed by atoms with E-state index in [-0.39, 0.29) is 88.5 Å². The van der Waals surface area contributed by atoms with Crippen molar-refractivity contribution in [1.29, 1.82) is 5.26 Å². The van der Waals surface area contributed by atoms with Crippen LogP contribution in [0.2, 0.25) is 0 Å². The minimum Gasteiger partial charge on any atom is -0.478 e. The van der Waals surface area contributed by atoms with Crippen molar-refractivity contribution in [2.75, 3.05) is 0 Å². The number of carboxylic acid groups (broad SMARTS) is 1. The van der Waals surface area contributed by atoms with Gasteiger partial charge >= 0.3 is 5.97 Å². The summed E-state index contributed by atoms with van der Waals surface area (Å²) in [7, 11) is 0. The zero-order chi connectivity index (χ0) is 31.9. The van der Waals surface area contributed by atoms with Gasteiger partial charge in [0.15, 0.2) is 0 Å². The van der Waals surface area contributed by atoms with Crippen molar-refractivity contribution in [3.63, 3.8) is 0 Å². The molecule has 1 aliphatic carbocycles. The van der Waals surface area contributed by atoms with Crippen molar-refractivity contribution in [3.05, 3.63) is 112 Å². The maximum atomic E-state index is 15.5. The molecule has 3 aromatic carbocycles. The lowest BCUT2D eigenvalue weighted by Crippen LogP contribution is -2.26. The summed E-state index contributed by atoms with van der Waals surface area (Å²) < 4.78 is 81.9. The molecule has 7 nitrogen and oxygen atoms in total. The maximum absolute atomic E-state index is 15.5. The molecule has 6 rings (SSSR count). The van der Waals surface area contributed by atoms with E-state index in [4.69, 9.17) is 10.00 Å². The van der Waals surface area contributed by atoms with Crippen LogP contribution in [0.25, 0.3) is 22.3 Å². The highest BCUT2D eigenvalue weighted by atomic mass is 19.3. The number of aromatic nitrogens is 3. The fraction of sp³-hybridized carbons (Fsp3) is 0.212. The molecular formula is C33H23F5N4O3. The van der Waals surface area contributed by atoms with E-state index < -0.39 is 35.4 Å². The minimum atomic E-state index is -3.10. The first-order valence-electron chi connectivity index (χ1n) is 13.9. The van der Waals surface area contributed by atoms with Gasteiger partial charge in [-0.25, -0.2) is 36.7 Å². The fourth-order valence-electron chi connectivity index (χ4n) is 5.60. The maximum Gasteiger partial charge on any atom is 0.335 e. The Kier molecular flexibility index (Phi) is 7.70. The normalized spacial score (nSPS) is 15.7. The van der Waals surface area contributed by atoms with Crippen LogP contribution in [0.5, 0.6) is 5.88 Å². The highest BCUT2D eigenvalue weighted by molar-refractivity contribution is 5.92. The zero-order valence-electron chi connectivity index (χ0n) is 23.4. The van der Waals surface area contributed by atoms with E-state index in [0.717, 1.165) is 18.2 Å². The van der Waals surface area contributed by atoms with Crippen molar-refractivity contribution in [2.45, 2.75) is 44.3 Å². The molecule has 5 aromatic rings. The Morgan fingerprint density at radius 1 is 1.00 bits per heavy atom. The Labute approximate surface area is 253 Å². The number of benzene rings is 3. The van der Waals surface area contributed by atoms with Crippen LogP contribution >= 0.6 is 0 Å². The molecule has 0 amide bonds. The molecule has 12 heteroatoms. The standard InChI is InChI=1S/C33H23F5N4O3/c34-23-11-18(16-39)6-7-20(23)17-45-31-5-1-3-26(41-31)22-15-24(35)21(12-25(22)36)14-30-40-27-9-8-19(32(43)44)13-28(27)42(30)29-4-2-10-33(29,37)38/h1,3,5-9,11-13,15,29H,2,4,10,14,17H2,(H,43,44). The number of rotatable bonds is 8. The van der Waals surface area contributed by atoms with Crippen molar-refractivity contribution in [1.82, 2.24) is 14.5 Å². The summed E-state index contributed by atoms with van der Waals surface area (Å²) in [6.45, 7) is -0.223. The minimum absolute atomic E-state index is 0.0204. The molecule has 1 N–H and O–H groups in total. The topological polar surface area (TPSA) is 101 Å². The number of fused-ring (bicyclic) bond motifs is 1. The van der Waals surface area contributed by atoms with Crippen LogP contribution < -0.4 is 4.74 Å². The predicted octanol–water partition coefficient (Wildman–Crippen LogP) is 7.62.